The van der Waals surface area contributed by atoms with Crippen molar-refractivity contribution in [1.82, 2.24) is 20.0 Å². The van der Waals surface area contributed by atoms with Crippen molar-refractivity contribution in [2.45, 2.75) is 68.7 Å². The number of hydrogen-bond acceptors (Lipinski definition) is 3. The van der Waals surface area contributed by atoms with Gasteiger partial charge in [0.2, 0.25) is 5.91 Å². The fraction of sp³-hybridized carbons (Fsp3) is 0.692. The molecule has 1 N–H and O–H groups in total. The lowest BCUT2D eigenvalue weighted by molar-refractivity contribution is -0.133. The Kier molecular flexibility index (Phi) is 6.15. The molecule has 0 aromatic heterocycles. The number of carbonyl (C=O) groups excluding carboxylic acids is 2. The van der Waals surface area contributed by atoms with Crippen molar-refractivity contribution in [3.05, 3.63) is 35.4 Å². The van der Waals surface area contributed by atoms with Crippen LogP contribution in [0.15, 0.2) is 24.3 Å². The Balaban J connectivity index is 1.23. The van der Waals surface area contributed by atoms with Crippen LogP contribution < -0.4 is 5.32 Å². The van der Waals surface area contributed by atoms with Gasteiger partial charge in [-0.2, -0.15) is 0 Å². The van der Waals surface area contributed by atoms with Gasteiger partial charge in [-0.15, -0.1) is 0 Å². The summed E-state index contributed by atoms with van der Waals surface area (Å²) in [5.74, 6) is 0.612. The van der Waals surface area contributed by atoms with Gasteiger partial charge in [-0.25, -0.2) is 4.79 Å². The van der Waals surface area contributed by atoms with Crippen molar-refractivity contribution in [2.24, 2.45) is 0 Å². The molecule has 2 aliphatic heterocycles. The first kappa shape index (κ1) is 21.7. The average molecular weight is 439 g/mol. The Labute approximate surface area is 192 Å². The van der Waals surface area contributed by atoms with Gasteiger partial charge in [0.05, 0.1) is 0 Å². The van der Waals surface area contributed by atoms with Gasteiger partial charge >= 0.3 is 6.03 Å². The highest BCUT2D eigenvalue weighted by molar-refractivity contribution is 5.78. The Bertz CT molecular complexity index is 834. The lowest BCUT2D eigenvalue weighted by Crippen LogP contribution is -2.50. The van der Waals surface area contributed by atoms with E-state index >= 15 is 0 Å². The van der Waals surface area contributed by atoms with Crippen molar-refractivity contribution in [2.75, 3.05) is 46.3 Å². The smallest absolute Gasteiger partial charge is 0.317 e. The van der Waals surface area contributed by atoms with Crippen LogP contribution in [0.25, 0.3) is 0 Å². The number of nitrogens with zero attached hydrogens (tertiary/aromatic N) is 3. The van der Waals surface area contributed by atoms with Crippen LogP contribution in [0.5, 0.6) is 0 Å². The quantitative estimate of drug-likeness (QED) is 0.788. The minimum Gasteiger partial charge on any atom is -0.340 e. The number of benzene rings is 1. The molecule has 3 fully saturated rings. The van der Waals surface area contributed by atoms with Gasteiger partial charge in [0.1, 0.15) is 0 Å². The fourth-order valence-corrected chi connectivity index (χ4v) is 6.55. The number of hydrogen-bond donors (Lipinski definition) is 1. The number of likely N-dealkylation sites (tertiary alicyclic amines) is 1. The largest absolute Gasteiger partial charge is 0.340 e. The van der Waals surface area contributed by atoms with E-state index < -0.39 is 0 Å². The molecule has 6 nitrogen and oxygen atoms in total. The number of piperidine rings is 1. The van der Waals surface area contributed by atoms with E-state index in [0.717, 1.165) is 71.4 Å². The van der Waals surface area contributed by atoms with Gasteiger partial charge in [0.25, 0.3) is 0 Å². The molecular formula is C26H38N4O2. The maximum absolute atomic E-state index is 13.1. The van der Waals surface area contributed by atoms with Crippen LogP contribution in [-0.2, 0) is 10.2 Å². The van der Waals surface area contributed by atoms with Crippen LogP contribution >= 0.6 is 0 Å². The van der Waals surface area contributed by atoms with Gasteiger partial charge in [0.15, 0.2) is 0 Å². The number of carbonyl (C=O) groups is 2. The minimum atomic E-state index is 0.119. The summed E-state index contributed by atoms with van der Waals surface area (Å²) in [6.07, 6.45) is 8.39. The normalized spacial score (nSPS) is 25.8. The molecular weight excluding hydrogens is 400 g/mol. The van der Waals surface area contributed by atoms with Crippen LogP contribution in [0, 0.1) is 0 Å². The first-order chi connectivity index (χ1) is 15.5. The van der Waals surface area contributed by atoms with E-state index in [1.165, 1.54) is 24.0 Å². The molecule has 2 saturated heterocycles. The third-order valence-corrected chi connectivity index (χ3v) is 8.58. The Hall–Kier alpha value is -2.08. The Morgan fingerprint density at radius 1 is 0.969 bits per heavy atom. The summed E-state index contributed by atoms with van der Waals surface area (Å²) in [5.41, 5.74) is 2.93. The maximum atomic E-state index is 13.1. The van der Waals surface area contributed by atoms with Gasteiger partial charge in [-0.1, -0.05) is 37.1 Å². The number of urea groups is 1. The fourth-order valence-electron chi connectivity index (χ4n) is 6.55. The van der Waals surface area contributed by atoms with E-state index in [-0.39, 0.29) is 11.4 Å². The zero-order valence-corrected chi connectivity index (χ0v) is 19.5. The van der Waals surface area contributed by atoms with Crippen LogP contribution in [0.3, 0.4) is 0 Å². The van der Waals surface area contributed by atoms with Crippen LogP contribution in [0.2, 0.25) is 0 Å². The second kappa shape index (κ2) is 9.05. The summed E-state index contributed by atoms with van der Waals surface area (Å²) in [5, 5.41) is 3.25. The number of piperazine rings is 1. The Morgan fingerprint density at radius 2 is 1.66 bits per heavy atom. The summed E-state index contributed by atoms with van der Waals surface area (Å²) < 4.78 is 0. The molecule has 6 heteroatoms. The molecule has 1 aromatic rings. The minimum absolute atomic E-state index is 0.119. The summed E-state index contributed by atoms with van der Waals surface area (Å²) in [6.45, 7) is 5.25. The number of amides is 3. The van der Waals surface area contributed by atoms with Crippen molar-refractivity contribution in [3.63, 3.8) is 0 Å². The zero-order chi connectivity index (χ0) is 22.1. The number of fused-ring (bicyclic) bond motifs is 2. The lowest BCUT2D eigenvalue weighted by Gasteiger charge is -2.40. The predicted molar refractivity (Wildman–Crippen MR) is 126 cm³/mol. The van der Waals surface area contributed by atoms with E-state index in [9.17, 15) is 9.59 Å². The molecule has 1 atom stereocenters. The third-order valence-electron chi connectivity index (χ3n) is 8.58. The van der Waals surface area contributed by atoms with Crippen molar-refractivity contribution >= 4 is 11.9 Å². The van der Waals surface area contributed by atoms with Gasteiger partial charge in [-0.05, 0) is 61.6 Å². The highest BCUT2D eigenvalue weighted by Crippen LogP contribution is 2.52. The summed E-state index contributed by atoms with van der Waals surface area (Å²) in [4.78, 5) is 32.2. The molecule has 0 bridgehead atoms. The highest BCUT2D eigenvalue weighted by atomic mass is 16.2. The van der Waals surface area contributed by atoms with Crippen LogP contribution in [0.4, 0.5) is 4.79 Å². The van der Waals surface area contributed by atoms with Crippen LogP contribution in [0.1, 0.15) is 68.4 Å². The first-order valence-corrected chi connectivity index (χ1v) is 12.7. The second-order valence-electron chi connectivity index (χ2n) is 10.6. The van der Waals surface area contributed by atoms with E-state index in [0.29, 0.717) is 24.3 Å². The molecule has 2 heterocycles. The standard InChI is InChI=1S/C26H38N4O2/c1-28-14-16-29(17-15-28)24(31)18-20-19-26(23-9-5-4-8-22(20)23)10-12-30(13-11-26)25(32)27-21-6-2-3-7-21/h4-5,8-9,20-21H,2-3,6-7,10-19H2,1H3,(H,27,32)/t20-/m1/s1. The molecule has 5 rings (SSSR count). The third kappa shape index (κ3) is 4.26. The molecule has 3 amide bonds. The van der Waals surface area contributed by atoms with Gasteiger partial charge in [-0.3, -0.25) is 4.79 Å². The SMILES string of the molecule is CN1CCN(C(=O)C[C@@H]2CC3(CCN(C(=O)NC4CCCC4)CC3)c3ccccc32)CC1. The molecule has 1 spiro atoms. The number of nitrogens with one attached hydrogen (secondary N) is 1. The lowest BCUT2D eigenvalue weighted by atomic mass is 9.73. The zero-order valence-electron chi connectivity index (χ0n) is 19.5. The topological polar surface area (TPSA) is 55.9 Å². The molecule has 32 heavy (non-hydrogen) atoms. The Morgan fingerprint density at radius 3 is 2.38 bits per heavy atom. The second-order valence-corrected chi connectivity index (χ2v) is 10.6. The van der Waals surface area contributed by atoms with Crippen molar-refractivity contribution < 1.29 is 9.59 Å². The van der Waals surface area contributed by atoms with E-state index in [1.54, 1.807) is 0 Å². The molecule has 174 valence electrons. The maximum Gasteiger partial charge on any atom is 0.317 e. The summed E-state index contributed by atoms with van der Waals surface area (Å²) in [6, 6.07) is 9.28. The first-order valence-electron chi connectivity index (χ1n) is 12.7. The monoisotopic (exact) mass is 438 g/mol. The van der Waals surface area contributed by atoms with E-state index in [1.807, 2.05) is 4.90 Å². The number of rotatable bonds is 3. The molecule has 4 aliphatic rings. The molecule has 1 saturated carbocycles. The molecule has 1 aromatic carbocycles. The van der Waals surface area contributed by atoms with Gasteiger partial charge in [0, 0.05) is 51.7 Å². The van der Waals surface area contributed by atoms with Crippen molar-refractivity contribution in [1.29, 1.82) is 0 Å². The van der Waals surface area contributed by atoms with Crippen molar-refractivity contribution in [3.8, 4) is 0 Å². The van der Waals surface area contributed by atoms with E-state index in [2.05, 4.69) is 46.4 Å². The molecule has 2 aliphatic carbocycles. The summed E-state index contributed by atoms with van der Waals surface area (Å²) in [7, 11) is 2.12. The molecule has 0 unspecified atom stereocenters. The highest BCUT2D eigenvalue weighted by Gasteiger charge is 2.46. The summed E-state index contributed by atoms with van der Waals surface area (Å²) >= 11 is 0. The number of likely N-dealkylation sites (N-methyl/N-ethyl adjacent to an activating group) is 1. The molecule has 0 radical (unpaired) electrons. The van der Waals surface area contributed by atoms with Gasteiger partial charge < -0.3 is 20.0 Å². The van der Waals surface area contributed by atoms with E-state index in [4.69, 9.17) is 0 Å². The predicted octanol–water partition coefficient (Wildman–Crippen LogP) is 3.32. The average Bonchev–Trinajstić information content (AvgIpc) is 3.42. The van der Waals surface area contributed by atoms with Crippen LogP contribution in [-0.4, -0.2) is 79.0 Å².